The summed E-state index contributed by atoms with van der Waals surface area (Å²) >= 11 is 1.01. The van der Waals surface area contributed by atoms with Crippen molar-refractivity contribution in [1.29, 1.82) is 0 Å². The van der Waals surface area contributed by atoms with Gasteiger partial charge in [0.15, 0.2) is 0 Å². The second-order valence-electron chi connectivity index (χ2n) is 9.00. The standard InChI is InChI=1S/C25H31N3O6S/c1-7-33-22(30)19-15(4)18-20(29)28(25(5,6)23(26)31)24(32)27(21(18)35-19)13-17(34-14(2)3)16-11-9-8-10-12-16/h8-12,14,17H,7,13H2,1-6H3,(H2,26,31)/t17-/m0/s1. The van der Waals surface area contributed by atoms with Gasteiger partial charge in [-0.25, -0.2) is 14.2 Å². The van der Waals surface area contributed by atoms with Crippen LogP contribution in [0.1, 0.15) is 61.5 Å². The van der Waals surface area contributed by atoms with E-state index in [0.29, 0.717) is 10.4 Å². The molecule has 0 aliphatic heterocycles. The first kappa shape index (κ1) is 26.4. The summed E-state index contributed by atoms with van der Waals surface area (Å²) in [4.78, 5) is 52.8. The van der Waals surface area contributed by atoms with E-state index in [4.69, 9.17) is 15.2 Å². The normalized spacial score (nSPS) is 12.8. The number of aromatic nitrogens is 2. The minimum absolute atomic E-state index is 0.0505. The van der Waals surface area contributed by atoms with Gasteiger partial charge in [0.05, 0.1) is 24.6 Å². The number of aryl methyl sites for hydroxylation is 1. The van der Waals surface area contributed by atoms with Gasteiger partial charge in [-0.1, -0.05) is 30.3 Å². The van der Waals surface area contributed by atoms with Crippen molar-refractivity contribution in [3.8, 4) is 0 Å². The van der Waals surface area contributed by atoms with Gasteiger partial charge in [-0.15, -0.1) is 11.3 Å². The van der Waals surface area contributed by atoms with E-state index < -0.39 is 34.8 Å². The number of carbonyl (C=O) groups is 2. The quantitative estimate of drug-likeness (QED) is 0.450. The molecule has 0 fully saturated rings. The molecule has 35 heavy (non-hydrogen) atoms. The van der Waals surface area contributed by atoms with Crippen LogP contribution >= 0.6 is 11.3 Å². The van der Waals surface area contributed by atoms with E-state index in [1.807, 2.05) is 44.2 Å². The molecule has 9 nitrogen and oxygen atoms in total. The van der Waals surface area contributed by atoms with Gasteiger partial charge >= 0.3 is 11.7 Å². The van der Waals surface area contributed by atoms with Gasteiger partial charge < -0.3 is 15.2 Å². The average Bonchev–Trinajstić information content (AvgIpc) is 3.13. The van der Waals surface area contributed by atoms with Crippen LogP contribution in [0.4, 0.5) is 0 Å². The highest BCUT2D eigenvalue weighted by molar-refractivity contribution is 7.20. The first-order chi connectivity index (χ1) is 16.4. The Bertz CT molecular complexity index is 1370. The van der Waals surface area contributed by atoms with Crippen LogP contribution in [-0.2, 0) is 26.4 Å². The molecule has 1 amide bonds. The Kier molecular flexibility index (Phi) is 7.66. The summed E-state index contributed by atoms with van der Waals surface area (Å²) in [5, 5.41) is 0.170. The number of rotatable bonds is 9. The number of hydrogen-bond donors (Lipinski definition) is 1. The number of fused-ring (bicyclic) bond motifs is 1. The van der Waals surface area contributed by atoms with Crippen LogP contribution in [0.15, 0.2) is 39.9 Å². The second-order valence-corrected chi connectivity index (χ2v) is 10.00. The number of esters is 1. The molecular weight excluding hydrogens is 470 g/mol. The second kappa shape index (κ2) is 10.2. The molecule has 1 atom stereocenters. The maximum atomic E-state index is 13.8. The largest absolute Gasteiger partial charge is 0.462 e. The van der Waals surface area contributed by atoms with Crippen molar-refractivity contribution < 1.29 is 19.1 Å². The Labute approximate surface area is 207 Å². The number of carbonyl (C=O) groups excluding carboxylic acids is 2. The summed E-state index contributed by atoms with van der Waals surface area (Å²) in [7, 11) is 0. The highest BCUT2D eigenvalue weighted by Gasteiger charge is 2.35. The van der Waals surface area contributed by atoms with Gasteiger partial charge in [0.2, 0.25) is 5.91 Å². The summed E-state index contributed by atoms with van der Waals surface area (Å²) in [6, 6.07) is 9.40. The van der Waals surface area contributed by atoms with Gasteiger partial charge in [0.1, 0.15) is 21.4 Å². The van der Waals surface area contributed by atoms with E-state index in [1.165, 1.54) is 18.4 Å². The highest BCUT2D eigenvalue weighted by atomic mass is 32.1. The Morgan fingerprint density at radius 1 is 1.14 bits per heavy atom. The van der Waals surface area contributed by atoms with Crippen molar-refractivity contribution in [3.05, 3.63) is 67.2 Å². The molecule has 0 saturated heterocycles. The molecule has 0 unspecified atom stereocenters. The predicted octanol–water partition coefficient (Wildman–Crippen LogP) is 3.10. The van der Waals surface area contributed by atoms with Crippen LogP contribution in [0.5, 0.6) is 0 Å². The fourth-order valence-corrected chi connectivity index (χ4v) is 5.09. The van der Waals surface area contributed by atoms with Gasteiger partial charge in [-0.2, -0.15) is 0 Å². The first-order valence-electron chi connectivity index (χ1n) is 11.4. The molecule has 0 aliphatic rings. The molecule has 2 heterocycles. The first-order valence-corrected chi connectivity index (χ1v) is 12.2. The van der Waals surface area contributed by atoms with Crippen molar-refractivity contribution in [1.82, 2.24) is 9.13 Å². The molecule has 3 aromatic rings. The zero-order valence-corrected chi connectivity index (χ0v) is 21.6. The Morgan fingerprint density at radius 3 is 2.31 bits per heavy atom. The summed E-state index contributed by atoms with van der Waals surface area (Å²) in [6.07, 6.45) is -0.687. The van der Waals surface area contributed by atoms with E-state index in [0.717, 1.165) is 21.5 Å². The molecule has 188 valence electrons. The number of nitrogens with zero attached hydrogens (tertiary/aromatic N) is 2. The molecule has 3 rings (SSSR count). The summed E-state index contributed by atoms with van der Waals surface area (Å²) in [5.41, 5.74) is 3.80. The third-order valence-electron chi connectivity index (χ3n) is 5.79. The van der Waals surface area contributed by atoms with Crippen molar-refractivity contribution in [2.45, 2.75) is 65.8 Å². The van der Waals surface area contributed by atoms with Gasteiger partial charge in [0, 0.05) is 0 Å². The van der Waals surface area contributed by atoms with E-state index in [9.17, 15) is 19.2 Å². The van der Waals surface area contributed by atoms with Crippen molar-refractivity contribution in [2.24, 2.45) is 5.73 Å². The molecule has 0 saturated carbocycles. The van der Waals surface area contributed by atoms with E-state index >= 15 is 0 Å². The van der Waals surface area contributed by atoms with Gasteiger partial charge in [-0.05, 0) is 52.7 Å². The van der Waals surface area contributed by atoms with Crippen LogP contribution in [0.2, 0.25) is 0 Å². The van der Waals surface area contributed by atoms with Crippen LogP contribution < -0.4 is 17.0 Å². The lowest BCUT2D eigenvalue weighted by Gasteiger charge is -2.26. The number of primary amides is 1. The maximum absolute atomic E-state index is 13.8. The molecule has 1 aromatic carbocycles. The summed E-state index contributed by atoms with van der Waals surface area (Å²) in [5.74, 6) is -1.41. The molecule has 10 heteroatoms. The van der Waals surface area contributed by atoms with E-state index in [2.05, 4.69) is 0 Å². The zero-order valence-electron chi connectivity index (χ0n) is 20.8. The summed E-state index contributed by atoms with van der Waals surface area (Å²) in [6.45, 7) is 10.1. The fourth-order valence-electron chi connectivity index (χ4n) is 3.89. The number of amides is 1. The smallest absolute Gasteiger partial charge is 0.348 e. The lowest BCUT2D eigenvalue weighted by Crippen LogP contribution is -2.54. The number of ether oxygens (including phenoxy) is 2. The van der Waals surface area contributed by atoms with Crippen molar-refractivity contribution in [3.63, 3.8) is 0 Å². The monoisotopic (exact) mass is 501 g/mol. The molecule has 0 radical (unpaired) electrons. The minimum atomic E-state index is -1.61. The Hall–Kier alpha value is -3.24. The third-order valence-corrected chi connectivity index (χ3v) is 7.09. The summed E-state index contributed by atoms with van der Waals surface area (Å²) < 4.78 is 13.6. The molecule has 0 bridgehead atoms. The van der Waals surface area contributed by atoms with E-state index in [-0.39, 0.29) is 29.5 Å². The molecule has 0 spiro atoms. The van der Waals surface area contributed by atoms with Crippen molar-refractivity contribution in [2.75, 3.05) is 6.61 Å². The highest BCUT2D eigenvalue weighted by Crippen LogP contribution is 2.31. The molecular formula is C25H31N3O6S. The Balaban J connectivity index is 2.38. The number of nitrogens with two attached hydrogens (primary N) is 1. The predicted molar refractivity (Wildman–Crippen MR) is 135 cm³/mol. The van der Waals surface area contributed by atoms with Crippen LogP contribution in [0.3, 0.4) is 0 Å². The lowest BCUT2D eigenvalue weighted by atomic mass is 10.0. The zero-order chi connectivity index (χ0) is 26.1. The average molecular weight is 502 g/mol. The van der Waals surface area contributed by atoms with Crippen molar-refractivity contribution >= 4 is 33.4 Å². The van der Waals surface area contributed by atoms with E-state index in [1.54, 1.807) is 13.8 Å². The number of benzene rings is 1. The SMILES string of the molecule is CCOC(=O)c1sc2c(c1C)c(=O)n(C(C)(C)C(N)=O)c(=O)n2C[C@H](OC(C)C)c1ccccc1. The van der Waals surface area contributed by atoms with Crippen LogP contribution in [0, 0.1) is 6.92 Å². The van der Waals surface area contributed by atoms with Crippen LogP contribution in [0.25, 0.3) is 10.2 Å². The third kappa shape index (κ3) is 4.94. The topological polar surface area (TPSA) is 123 Å². The van der Waals surface area contributed by atoms with Gasteiger partial charge in [-0.3, -0.25) is 14.2 Å². The minimum Gasteiger partial charge on any atom is -0.462 e. The number of thiophene rings is 1. The van der Waals surface area contributed by atoms with Crippen LogP contribution in [-0.4, -0.2) is 33.7 Å². The maximum Gasteiger partial charge on any atom is 0.348 e. The molecule has 2 N–H and O–H groups in total. The number of hydrogen-bond acceptors (Lipinski definition) is 7. The fraction of sp³-hybridized carbons (Fsp3) is 0.440. The lowest BCUT2D eigenvalue weighted by molar-refractivity contribution is -0.125. The van der Waals surface area contributed by atoms with Gasteiger partial charge in [0.25, 0.3) is 5.56 Å². The Morgan fingerprint density at radius 2 is 1.77 bits per heavy atom. The molecule has 2 aromatic heterocycles. The molecule has 0 aliphatic carbocycles.